The molecule has 2 fully saturated rings. The van der Waals surface area contributed by atoms with Crippen molar-refractivity contribution in [3.05, 3.63) is 20.8 Å². The van der Waals surface area contributed by atoms with Crippen LogP contribution in [-0.4, -0.2) is 55.9 Å². The summed E-state index contributed by atoms with van der Waals surface area (Å²) in [6, 6.07) is 2.13. The number of rotatable bonds is 4. The van der Waals surface area contributed by atoms with Crippen molar-refractivity contribution in [1.82, 2.24) is 10.2 Å². The molecule has 3 heterocycles. The van der Waals surface area contributed by atoms with Crippen molar-refractivity contribution in [1.29, 1.82) is 0 Å². The molecule has 0 spiro atoms. The highest BCUT2D eigenvalue weighted by Gasteiger charge is 2.32. The summed E-state index contributed by atoms with van der Waals surface area (Å²) < 4.78 is 12.9. The number of hydrogen-bond donors (Lipinski definition) is 1. The zero-order chi connectivity index (χ0) is 16.1. The summed E-state index contributed by atoms with van der Waals surface area (Å²) in [5.74, 6) is 0.975. The van der Waals surface area contributed by atoms with Crippen molar-refractivity contribution >= 4 is 57.2 Å². The Hall–Kier alpha value is 0.1000. The zero-order valence-corrected chi connectivity index (χ0v) is 18.6. The molecule has 1 aromatic rings. The maximum absolute atomic E-state index is 5.93. The molecule has 0 radical (unpaired) electrons. The topological polar surface area (TPSA) is 46.1 Å². The van der Waals surface area contributed by atoms with E-state index in [4.69, 9.17) is 14.5 Å². The monoisotopic (exact) mass is 529 g/mol. The van der Waals surface area contributed by atoms with Crippen LogP contribution in [0.2, 0.25) is 0 Å². The molecule has 0 bridgehead atoms. The van der Waals surface area contributed by atoms with Crippen LogP contribution in [0.25, 0.3) is 0 Å². The molecule has 2 aliphatic heterocycles. The van der Waals surface area contributed by atoms with Crippen molar-refractivity contribution in [2.24, 2.45) is 4.99 Å². The molecular formula is C16H25BrIN3O2S. The SMILES string of the molecule is CCNC(=NCc1cc(Br)cs1)N1CCOC(C2CCCO2)C1.I. The standard InChI is InChI=1S/C16H24BrN3O2S.HI/c1-2-18-16(19-9-13-8-12(17)11-23-13)20-5-7-22-15(10-20)14-4-3-6-21-14;/h8,11,14-15H,2-7,9-10H2,1H3,(H,18,19);1H. The Morgan fingerprint density at radius 1 is 1.42 bits per heavy atom. The molecule has 136 valence electrons. The molecule has 0 amide bonds. The molecule has 2 atom stereocenters. The highest BCUT2D eigenvalue weighted by molar-refractivity contribution is 14.0. The second kappa shape index (κ2) is 10.3. The number of aliphatic imine (C=N–C) groups is 1. The first-order chi connectivity index (χ1) is 11.3. The number of nitrogens with zero attached hydrogens (tertiary/aromatic N) is 2. The van der Waals surface area contributed by atoms with E-state index in [0.29, 0.717) is 6.54 Å². The van der Waals surface area contributed by atoms with Gasteiger partial charge in [-0.15, -0.1) is 35.3 Å². The van der Waals surface area contributed by atoms with E-state index in [1.165, 1.54) is 4.88 Å². The Morgan fingerprint density at radius 2 is 2.25 bits per heavy atom. The van der Waals surface area contributed by atoms with Crippen molar-refractivity contribution in [2.45, 2.75) is 38.5 Å². The lowest BCUT2D eigenvalue weighted by Gasteiger charge is -2.37. The number of thiophene rings is 1. The summed E-state index contributed by atoms with van der Waals surface area (Å²) in [5, 5.41) is 5.51. The third-order valence-corrected chi connectivity index (χ3v) is 5.80. The fraction of sp³-hybridized carbons (Fsp3) is 0.688. The fourth-order valence-electron chi connectivity index (χ4n) is 3.00. The molecule has 0 saturated carbocycles. The van der Waals surface area contributed by atoms with Gasteiger partial charge in [0.25, 0.3) is 0 Å². The largest absolute Gasteiger partial charge is 0.375 e. The molecule has 24 heavy (non-hydrogen) atoms. The molecule has 1 aromatic heterocycles. The molecule has 1 N–H and O–H groups in total. The molecule has 2 aliphatic rings. The summed E-state index contributed by atoms with van der Waals surface area (Å²) >= 11 is 5.23. The van der Waals surface area contributed by atoms with E-state index in [0.717, 1.165) is 56.1 Å². The van der Waals surface area contributed by atoms with Gasteiger partial charge in [0.1, 0.15) is 6.10 Å². The summed E-state index contributed by atoms with van der Waals surface area (Å²) in [5.41, 5.74) is 0. The third-order valence-electron chi connectivity index (χ3n) is 4.11. The Labute approximate surface area is 173 Å². The highest BCUT2D eigenvalue weighted by Crippen LogP contribution is 2.22. The van der Waals surface area contributed by atoms with Crippen molar-refractivity contribution in [3.63, 3.8) is 0 Å². The van der Waals surface area contributed by atoms with Crippen LogP contribution in [-0.2, 0) is 16.0 Å². The maximum atomic E-state index is 5.93. The lowest BCUT2D eigenvalue weighted by Crippen LogP contribution is -2.53. The smallest absolute Gasteiger partial charge is 0.194 e. The number of hydrogen-bond acceptors (Lipinski definition) is 4. The second-order valence-corrected chi connectivity index (χ2v) is 7.72. The van der Waals surface area contributed by atoms with E-state index in [1.807, 2.05) is 0 Å². The van der Waals surface area contributed by atoms with Gasteiger partial charge in [-0.3, -0.25) is 0 Å². The first-order valence-electron chi connectivity index (χ1n) is 8.25. The van der Waals surface area contributed by atoms with E-state index in [1.54, 1.807) is 11.3 Å². The number of nitrogens with one attached hydrogen (secondary N) is 1. The number of ether oxygens (including phenoxy) is 2. The van der Waals surface area contributed by atoms with E-state index >= 15 is 0 Å². The van der Waals surface area contributed by atoms with Gasteiger partial charge in [0.2, 0.25) is 0 Å². The molecule has 0 aliphatic carbocycles. The average molecular weight is 530 g/mol. The van der Waals surface area contributed by atoms with Gasteiger partial charge in [-0.1, -0.05) is 0 Å². The van der Waals surface area contributed by atoms with Crippen LogP contribution in [0.1, 0.15) is 24.6 Å². The van der Waals surface area contributed by atoms with Crippen LogP contribution >= 0.6 is 51.2 Å². The highest BCUT2D eigenvalue weighted by atomic mass is 127. The van der Waals surface area contributed by atoms with Gasteiger partial charge < -0.3 is 19.7 Å². The number of halogens is 2. The predicted octanol–water partition coefficient (Wildman–Crippen LogP) is 3.47. The third kappa shape index (κ3) is 5.55. The minimum absolute atomic E-state index is 0. The molecular weight excluding hydrogens is 505 g/mol. The van der Waals surface area contributed by atoms with Gasteiger partial charge in [-0.05, 0) is 41.8 Å². The Kier molecular flexibility index (Phi) is 8.76. The molecule has 0 aromatic carbocycles. The number of morpholine rings is 1. The average Bonchev–Trinajstić information content (AvgIpc) is 3.23. The maximum Gasteiger partial charge on any atom is 0.194 e. The molecule has 8 heteroatoms. The fourth-order valence-corrected chi connectivity index (χ4v) is 4.38. The summed E-state index contributed by atoms with van der Waals surface area (Å²) in [6.07, 6.45) is 2.65. The van der Waals surface area contributed by atoms with Crippen LogP contribution in [0.4, 0.5) is 0 Å². The van der Waals surface area contributed by atoms with E-state index in [2.05, 4.69) is 44.5 Å². The Balaban J connectivity index is 0.00000208. The van der Waals surface area contributed by atoms with Crippen LogP contribution < -0.4 is 5.32 Å². The lowest BCUT2D eigenvalue weighted by atomic mass is 10.1. The Morgan fingerprint density at radius 3 is 2.92 bits per heavy atom. The van der Waals surface area contributed by atoms with Gasteiger partial charge in [-0.2, -0.15) is 0 Å². The van der Waals surface area contributed by atoms with Crippen molar-refractivity contribution in [2.75, 3.05) is 32.8 Å². The van der Waals surface area contributed by atoms with Gasteiger partial charge in [0, 0.05) is 41.0 Å². The van der Waals surface area contributed by atoms with Crippen LogP contribution in [0.5, 0.6) is 0 Å². The van der Waals surface area contributed by atoms with Gasteiger partial charge in [-0.25, -0.2) is 4.99 Å². The summed E-state index contributed by atoms with van der Waals surface area (Å²) in [6.45, 7) is 7.02. The van der Waals surface area contributed by atoms with E-state index in [-0.39, 0.29) is 36.2 Å². The number of guanidine groups is 1. The summed E-state index contributed by atoms with van der Waals surface area (Å²) in [7, 11) is 0. The second-order valence-electron chi connectivity index (χ2n) is 5.81. The normalized spacial score (nSPS) is 24.8. The predicted molar refractivity (Wildman–Crippen MR) is 113 cm³/mol. The minimum atomic E-state index is 0. The molecule has 2 saturated heterocycles. The first-order valence-corrected chi connectivity index (χ1v) is 9.93. The van der Waals surface area contributed by atoms with Crippen LogP contribution in [0.15, 0.2) is 20.9 Å². The Bertz CT molecular complexity index is 537. The van der Waals surface area contributed by atoms with Crippen molar-refractivity contribution in [3.8, 4) is 0 Å². The van der Waals surface area contributed by atoms with Gasteiger partial charge >= 0.3 is 0 Å². The minimum Gasteiger partial charge on any atom is -0.375 e. The molecule has 5 nitrogen and oxygen atoms in total. The lowest BCUT2D eigenvalue weighted by molar-refractivity contribution is -0.0817. The van der Waals surface area contributed by atoms with Crippen LogP contribution in [0, 0.1) is 0 Å². The van der Waals surface area contributed by atoms with Gasteiger partial charge in [0.05, 0.1) is 19.3 Å². The van der Waals surface area contributed by atoms with Crippen molar-refractivity contribution < 1.29 is 9.47 Å². The van der Waals surface area contributed by atoms with Gasteiger partial charge in [0.15, 0.2) is 5.96 Å². The molecule has 2 unspecified atom stereocenters. The molecule has 3 rings (SSSR count). The quantitative estimate of drug-likeness (QED) is 0.368. The van der Waals surface area contributed by atoms with E-state index < -0.39 is 0 Å². The van der Waals surface area contributed by atoms with E-state index in [9.17, 15) is 0 Å². The zero-order valence-electron chi connectivity index (χ0n) is 13.9. The van der Waals surface area contributed by atoms with Crippen LogP contribution in [0.3, 0.4) is 0 Å². The first kappa shape index (κ1) is 20.4. The summed E-state index contributed by atoms with van der Waals surface area (Å²) in [4.78, 5) is 8.37.